The zero-order chi connectivity index (χ0) is 12.1. The lowest BCUT2D eigenvalue weighted by Crippen LogP contribution is -2.24. The molecule has 0 fully saturated rings. The van der Waals surface area contributed by atoms with Gasteiger partial charge >= 0.3 is 0 Å². The molecule has 2 aromatic heterocycles. The number of furan rings is 1. The summed E-state index contributed by atoms with van der Waals surface area (Å²) in [4.78, 5) is 7.32. The molecular formula is C12H16ClN3O. The quantitative estimate of drug-likeness (QED) is 0.832. The van der Waals surface area contributed by atoms with E-state index in [-0.39, 0.29) is 6.04 Å². The number of aromatic amines is 1. The van der Waals surface area contributed by atoms with E-state index in [4.69, 9.17) is 16.0 Å². The average molecular weight is 254 g/mol. The van der Waals surface area contributed by atoms with Crippen molar-refractivity contribution in [3.8, 4) is 0 Å². The topological polar surface area (TPSA) is 53.9 Å². The minimum absolute atomic E-state index is 0.105. The fourth-order valence-corrected chi connectivity index (χ4v) is 1.86. The molecule has 0 bridgehead atoms. The summed E-state index contributed by atoms with van der Waals surface area (Å²) >= 11 is 5.80. The third-order valence-electron chi connectivity index (χ3n) is 2.53. The SMILES string of the molecule is CCCNC(Cc1ncc[nH]1)c1ccc(Cl)o1. The van der Waals surface area contributed by atoms with Crippen molar-refractivity contribution in [1.82, 2.24) is 15.3 Å². The lowest BCUT2D eigenvalue weighted by atomic mass is 10.1. The summed E-state index contributed by atoms with van der Waals surface area (Å²) in [5.41, 5.74) is 0. The van der Waals surface area contributed by atoms with Crippen LogP contribution in [0.5, 0.6) is 0 Å². The third kappa shape index (κ3) is 3.35. The van der Waals surface area contributed by atoms with Gasteiger partial charge in [0.2, 0.25) is 0 Å². The summed E-state index contributed by atoms with van der Waals surface area (Å²) in [6, 6.07) is 3.77. The number of nitrogens with zero attached hydrogens (tertiary/aromatic N) is 1. The fraction of sp³-hybridized carbons (Fsp3) is 0.417. The number of hydrogen-bond donors (Lipinski definition) is 2. The van der Waals surface area contributed by atoms with E-state index in [1.54, 1.807) is 12.3 Å². The summed E-state index contributed by atoms with van der Waals surface area (Å²) < 4.78 is 5.45. The van der Waals surface area contributed by atoms with E-state index >= 15 is 0 Å². The Morgan fingerprint density at radius 3 is 3.00 bits per heavy atom. The Kier molecular flexibility index (Phi) is 4.23. The molecule has 0 aliphatic heterocycles. The van der Waals surface area contributed by atoms with Crippen molar-refractivity contribution in [3.63, 3.8) is 0 Å². The molecule has 92 valence electrons. The van der Waals surface area contributed by atoms with Gasteiger partial charge in [-0.25, -0.2) is 4.98 Å². The number of hydrogen-bond acceptors (Lipinski definition) is 3. The maximum atomic E-state index is 5.80. The summed E-state index contributed by atoms with van der Waals surface area (Å²) in [5.74, 6) is 1.78. The molecule has 17 heavy (non-hydrogen) atoms. The van der Waals surface area contributed by atoms with Crippen LogP contribution in [0.3, 0.4) is 0 Å². The van der Waals surface area contributed by atoms with Crippen molar-refractivity contribution < 1.29 is 4.42 Å². The summed E-state index contributed by atoms with van der Waals surface area (Å²) in [5, 5.41) is 3.84. The molecule has 1 atom stereocenters. The number of halogens is 1. The Balaban J connectivity index is 2.07. The van der Waals surface area contributed by atoms with Crippen LogP contribution >= 0.6 is 11.6 Å². The van der Waals surface area contributed by atoms with Gasteiger partial charge in [0.1, 0.15) is 11.6 Å². The van der Waals surface area contributed by atoms with Crippen molar-refractivity contribution in [3.05, 3.63) is 41.3 Å². The van der Waals surface area contributed by atoms with E-state index in [1.807, 2.05) is 12.3 Å². The van der Waals surface area contributed by atoms with Crippen molar-refractivity contribution in [1.29, 1.82) is 0 Å². The predicted molar refractivity (Wildman–Crippen MR) is 67.0 cm³/mol. The number of imidazole rings is 1. The van der Waals surface area contributed by atoms with Crippen molar-refractivity contribution in [2.45, 2.75) is 25.8 Å². The van der Waals surface area contributed by atoms with E-state index in [2.05, 4.69) is 22.2 Å². The van der Waals surface area contributed by atoms with E-state index in [0.29, 0.717) is 5.22 Å². The van der Waals surface area contributed by atoms with Gasteiger partial charge < -0.3 is 14.7 Å². The largest absolute Gasteiger partial charge is 0.448 e. The smallest absolute Gasteiger partial charge is 0.193 e. The van der Waals surface area contributed by atoms with Gasteiger partial charge in [0.05, 0.1) is 6.04 Å². The van der Waals surface area contributed by atoms with E-state index < -0.39 is 0 Å². The molecule has 4 nitrogen and oxygen atoms in total. The van der Waals surface area contributed by atoms with Crippen molar-refractivity contribution >= 4 is 11.6 Å². The highest BCUT2D eigenvalue weighted by Gasteiger charge is 2.16. The van der Waals surface area contributed by atoms with Crippen LogP contribution < -0.4 is 5.32 Å². The summed E-state index contributed by atoms with van der Waals surface area (Å²) in [6.07, 6.45) is 5.41. The minimum Gasteiger partial charge on any atom is -0.448 e. The Bertz CT molecular complexity index is 438. The highest BCUT2D eigenvalue weighted by atomic mass is 35.5. The van der Waals surface area contributed by atoms with Crippen LogP contribution in [0, 0.1) is 0 Å². The first-order valence-corrected chi connectivity index (χ1v) is 6.14. The monoisotopic (exact) mass is 253 g/mol. The Morgan fingerprint density at radius 2 is 2.41 bits per heavy atom. The van der Waals surface area contributed by atoms with Gasteiger partial charge in [0.25, 0.3) is 0 Å². The van der Waals surface area contributed by atoms with E-state index in [1.165, 1.54) is 0 Å². The van der Waals surface area contributed by atoms with Crippen molar-refractivity contribution in [2.75, 3.05) is 6.54 Å². The Morgan fingerprint density at radius 1 is 1.53 bits per heavy atom. The molecule has 0 radical (unpaired) electrons. The fourth-order valence-electron chi connectivity index (χ4n) is 1.71. The zero-order valence-corrected chi connectivity index (χ0v) is 10.5. The molecule has 0 saturated heterocycles. The zero-order valence-electron chi connectivity index (χ0n) is 9.74. The van der Waals surface area contributed by atoms with Crippen LogP contribution in [-0.4, -0.2) is 16.5 Å². The summed E-state index contributed by atoms with van der Waals surface area (Å²) in [6.45, 7) is 3.07. The molecule has 0 aliphatic carbocycles. The van der Waals surface area contributed by atoms with Crippen LogP contribution in [0.2, 0.25) is 5.22 Å². The average Bonchev–Trinajstić information content (AvgIpc) is 2.95. The van der Waals surface area contributed by atoms with Gasteiger partial charge in [-0.1, -0.05) is 6.92 Å². The highest BCUT2D eigenvalue weighted by molar-refractivity contribution is 6.28. The highest BCUT2D eigenvalue weighted by Crippen LogP contribution is 2.22. The molecule has 0 aromatic carbocycles. The lowest BCUT2D eigenvalue weighted by Gasteiger charge is -2.14. The molecule has 1 unspecified atom stereocenters. The Labute approximate surface area is 105 Å². The predicted octanol–water partition coefficient (Wildman–Crippen LogP) is 2.94. The molecule has 2 heterocycles. The maximum Gasteiger partial charge on any atom is 0.193 e. The normalized spacial score (nSPS) is 12.8. The summed E-state index contributed by atoms with van der Waals surface area (Å²) in [7, 11) is 0. The minimum atomic E-state index is 0.105. The second-order valence-electron chi connectivity index (χ2n) is 3.89. The molecule has 2 aromatic rings. The first-order chi connectivity index (χ1) is 8.29. The lowest BCUT2D eigenvalue weighted by molar-refractivity contribution is 0.407. The number of H-pyrrole nitrogens is 1. The number of aromatic nitrogens is 2. The van der Waals surface area contributed by atoms with Gasteiger partial charge in [-0.3, -0.25) is 0 Å². The number of rotatable bonds is 6. The molecule has 0 saturated carbocycles. The van der Waals surface area contributed by atoms with Crippen LogP contribution in [0.4, 0.5) is 0 Å². The van der Waals surface area contributed by atoms with Gasteiger partial charge in [-0.2, -0.15) is 0 Å². The van der Waals surface area contributed by atoms with Crippen molar-refractivity contribution in [2.24, 2.45) is 0 Å². The number of nitrogens with one attached hydrogen (secondary N) is 2. The molecule has 5 heteroatoms. The second kappa shape index (κ2) is 5.89. The maximum absolute atomic E-state index is 5.80. The van der Waals surface area contributed by atoms with Crippen LogP contribution in [-0.2, 0) is 6.42 Å². The van der Waals surface area contributed by atoms with Gasteiger partial charge in [0.15, 0.2) is 5.22 Å². The van der Waals surface area contributed by atoms with Crippen LogP contribution in [0.25, 0.3) is 0 Å². The molecule has 0 spiro atoms. The molecule has 0 aliphatic rings. The van der Waals surface area contributed by atoms with E-state index in [0.717, 1.165) is 31.0 Å². The third-order valence-corrected chi connectivity index (χ3v) is 2.73. The molecular weight excluding hydrogens is 238 g/mol. The van der Waals surface area contributed by atoms with Gasteiger partial charge in [-0.15, -0.1) is 0 Å². The van der Waals surface area contributed by atoms with Gasteiger partial charge in [0, 0.05) is 18.8 Å². The van der Waals surface area contributed by atoms with Crippen LogP contribution in [0.1, 0.15) is 31.0 Å². The molecule has 0 amide bonds. The van der Waals surface area contributed by atoms with E-state index in [9.17, 15) is 0 Å². The first-order valence-electron chi connectivity index (χ1n) is 5.76. The first kappa shape index (κ1) is 12.2. The Hall–Kier alpha value is -1.26. The van der Waals surface area contributed by atoms with Gasteiger partial charge in [-0.05, 0) is 36.7 Å². The standard InChI is InChI=1S/C12H16ClN3O/c1-2-5-14-9(8-12-15-6-7-16-12)10-3-4-11(13)17-10/h3-4,6-7,9,14H,2,5,8H2,1H3,(H,15,16). The second-order valence-corrected chi connectivity index (χ2v) is 4.26. The molecule has 2 N–H and O–H groups in total. The molecule has 2 rings (SSSR count). The van der Waals surface area contributed by atoms with Crippen LogP contribution in [0.15, 0.2) is 28.9 Å².